The van der Waals surface area contributed by atoms with Crippen LogP contribution in [0.4, 0.5) is 0 Å². The van der Waals surface area contributed by atoms with Crippen molar-refractivity contribution in [3.8, 4) is 0 Å². The van der Waals surface area contributed by atoms with Gasteiger partial charge in [-0.15, -0.1) is 0 Å². The molecule has 0 aromatic heterocycles. The molecule has 0 spiro atoms. The molecular formula is C37H65N5O8. The maximum Gasteiger partial charge on any atom is 0.328 e. The van der Waals surface area contributed by atoms with Gasteiger partial charge in [0.25, 0.3) is 0 Å². The van der Waals surface area contributed by atoms with E-state index < -0.39 is 48.0 Å². The number of carbonyl (C=O) groups is 6. The summed E-state index contributed by atoms with van der Waals surface area (Å²) in [6.45, 7) is 9.76. The molecule has 6 atom stereocenters. The maximum absolute atomic E-state index is 13.8. The van der Waals surface area contributed by atoms with Gasteiger partial charge in [-0.2, -0.15) is 0 Å². The number of likely N-dealkylation sites (tertiary alicyclic amines) is 2. The van der Waals surface area contributed by atoms with Crippen LogP contribution in [0.2, 0.25) is 0 Å². The third-order valence-electron chi connectivity index (χ3n) is 9.82. The highest BCUT2D eigenvalue weighted by molar-refractivity contribution is 5.96. The molecule has 286 valence electrons. The second-order valence-electron chi connectivity index (χ2n) is 14.5. The number of carbonyl (C=O) groups excluding carboxylic acids is 6. The van der Waals surface area contributed by atoms with Crippen LogP contribution in [-0.4, -0.2) is 107 Å². The highest BCUT2D eigenvalue weighted by atomic mass is 16.5. The van der Waals surface area contributed by atoms with E-state index in [2.05, 4.69) is 16.0 Å². The monoisotopic (exact) mass is 707 g/mol. The minimum atomic E-state index is -0.900. The van der Waals surface area contributed by atoms with Crippen molar-refractivity contribution in [3.63, 3.8) is 0 Å². The number of nitrogens with one attached hydrogen (secondary N) is 3. The molecule has 50 heavy (non-hydrogen) atoms. The first-order valence-electron chi connectivity index (χ1n) is 19.1. The van der Waals surface area contributed by atoms with Crippen molar-refractivity contribution in [2.24, 2.45) is 5.92 Å². The number of hydrogen-bond acceptors (Lipinski definition) is 8. The molecule has 2 saturated heterocycles. The molecule has 1 unspecified atom stereocenters. The van der Waals surface area contributed by atoms with E-state index >= 15 is 0 Å². The molecule has 0 radical (unpaired) electrons. The van der Waals surface area contributed by atoms with Gasteiger partial charge in [0, 0.05) is 19.5 Å². The van der Waals surface area contributed by atoms with E-state index in [1.807, 2.05) is 20.8 Å². The van der Waals surface area contributed by atoms with Gasteiger partial charge in [-0.05, 0) is 71.1 Å². The van der Waals surface area contributed by atoms with Crippen LogP contribution in [0, 0.1) is 5.92 Å². The molecule has 0 aliphatic carbocycles. The zero-order chi connectivity index (χ0) is 37.2. The summed E-state index contributed by atoms with van der Waals surface area (Å²) >= 11 is 0. The van der Waals surface area contributed by atoms with Crippen LogP contribution in [0.5, 0.6) is 0 Å². The molecule has 4 N–H and O–H groups in total. The number of amides is 5. The summed E-state index contributed by atoms with van der Waals surface area (Å²) in [5.74, 6) is -2.26. The number of aliphatic hydroxyl groups excluding tert-OH is 1. The molecule has 13 nitrogen and oxygen atoms in total. The Morgan fingerprint density at radius 1 is 0.760 bits per heavy atom. The van der Waals surface area contributed by atoms with Gasteiger partial charge in [0.1, 0.15) is 30.2 Å². The van der Waals surface area contributed by atoms with Crippen molar-refractivity contribution in [1.29, 1.82) is 0 Å². The van der Waals surface area contributed by atoms with E-state index in [0.717, 1.165) is 57.8 Å². The van der Waals surface area contributed by atoms with Crippen LogP contribution in [0.25, 0.3) is 0 Å². The molecule has 0 aromatic carbocycles. The van der Waals surface area contributed by atoms with Crippen molar-refractivity contribution in [2.75, 3.05) is 20.2 Å². The van der Waals surface area contributed by atoms with Crippen LogP contribution in [0.1, 0.15) is 137 Å². The summed E-state index contributed by atoms with van der Waals surface area (Å²) in [4.78, 5) is 81.3. The van der Waals surface area contributed by atoms with Gasteiger partial charge in [0.2, 0.25) is 29.5 Å². The minimum Gasteiger partial charge on any atom is -0.467 e. The van der Waals surface area contributed by atoms with Crippen LogP contribution in [0.15, 0.2) is 0 Å². The van der Waals surface area contributed by atoms with Gasteiger partial charge in [-0.3, -0.25) is 24.0 Å². The molecule has 2 rings (SSSR count). The van der Waals surface area contributed by atoms with Crippen molar-refractivity contribution in [3.05, 3.63) is 0 Å². The van der Waals surface area contributed by atoms with Crippen LogP contribution in [-0.2, 0) is 33.5 Å². The zero-order valence-corrected chi connectivity index (χ0v) is 31.5. The standard InChI is InChI=1S/C37H65N5O8/c1-7-28(43)18-14-12-10-8-9-11-13-15-21-32(44)38-26(4)35(47)42-23-17-20-31(42)36(48)41-22-16-19-30(41)34(46)40-29(24-25(2)3)33(45)39-27(5)37(49)50-6/h25-31,43H,7-24H2,1-6H3,(H,38,44)(H,39,45)(H,40,46)/t26-,27-,28?,29-,30-,31-/m0/s1. The molecule has 13 heteroatoms. The maximum atomic E-state index is 13.8. The predicted molar refractivity (Wildman–Crippen MR) is 191 cm³/mol. The molecule has 2 aliphatic rings. The lowest BCUT2D eigenvalue weighted by Crippen LogP contribution is -2.58. The Labute approximate surface area is 299 Å². The molecule has 0 saturated carbocycles. The van der Waals surface area contributed by atoms with Crippen molar-refractivity contribution in [1.82, 2.24) is 25.8 Å². The van der Waals surface area contributed by atoms with Crippen molar-refractivity contribution < 1.29 is 38.6 Å². The lowest BCUT2D eigenvalue weighted by atomic mass is 10.0. The Balaban J connectivity index is 1.85. The number of unbranched alkanes of at least 4 members (excludes halogenated alkanes) is 7. The Morgan fingerprint density at radius 2 is 1.34 bits per heavy atom. The quantitative estimate of drug-likeness (QED) is 0.0979. The molecule has 2 fully saturated rings. The fourth-order valence-corrected chi connectivity index (χ4v) is 6.86. The summed E-state index contributed by atoms with van der Waals surface area (Å²) in [6, 6.07) is -4.06. The van der Waals surface area contributed by atoms with E-state index in [1.54, 1.807) is 6.92 Å². The third-order valence-corrected chi connectivity index (χ3v) is 9.82. The SMILES string of the molecule is CCC(O)CCCCCCCCCCC(=O)N[C@@H](C)C(=O)N1CCC[C@H]1C(=O)N1CCC[C@H]1C(=O)N[C@@H](CC(C)C)C(=O)N[C@@H](C)C(=O)OC. The summed E-state index contributed by atoms with van der Waals surface area (Å²) in [5.41, 5.74) is 0. The van der Waals surface area contributed by atoms with Gasteiger partial charge in [0.05, 0.1) is 13.2 Å². The molecule has 5 amide bonds. The smallest absolute Gasteiger partial charge is 0.328 e. The number of esters is 1. The Kier molecular flexibility index (Phi) is 19.4. The van der Waals surface area contributed by atoms with Gasteiger partial charge < -0.3 is 35.6 Å². The number of rotatable bonds is 22. The second kappa shape index (κ2) is 22.6. The van der Waals surface area contributed by atoms with E-state index in [9.17, 15) is 33.9 Å². The predicted octanol–water partition coefficient (Wildman–Crippen LogP) is 3.35. The largest absolute Gasteiger partial charge is 0.467 e. The van der Waals surface area contributed by atoms with Gasteiger partial charge in [0.15, 0.2) is 0 Å². The van der Waals surface area contributed by atoms with Crippen molar-refractivity contribution >= 4 is 35.5 Å². The Morgan fingerprint density at radius 3 is 1.94 bits per heavy atom. The lowest BCUT2D eigenvalue weighted by molar-refractivity contribution is -0.148. The molecular weight excluding hydrogens is 642 g/mol. The topological polar surface area (TPSA) is 174 Å². The van der Waals surface area contributed by atoms with Gasteiger partial charge >= 0.3 is 5.97 Å². The fourth-order valence-electron chi connectivity index (χ4n) is 6.86. The van der Waals surface area contributed by atoms with Gasteiger partial charge in [-0.25, -0.2) is 4.79 Å². The second-order valence-corrected chi connectivity index (χ2v) is 14.5. The molecule has 2 aliphatic heterocycles. The van der Waals surface area contributed by atoms with Crippen LogP contribution < -0.4 is 16.0 Å². The first kappa shape index (κ1) is 42.9. The van der Waals surface area contributed by atoms with E-state index in [0.29, 0.717) is 51.6 Å². The average Bonchev–Trinajstić information content (AvgIpc) is 3.78. The average molecular weight is 708 g/mol. The summed E-state index contributed by atoms with van der Waals surface area (Å²) in [7, 11) is 1.23. The fraction of sp³-hybridized carbons (Fsp3) is 0.838. The van der Waals surface area contributed by atoms with Crippen LogP contribution >= 0.6 is 0 Å². The first-order valence-corrected chi connectivity index (χ1v) is 19.1. The van der Waals surface area contributed by atoms with Crippen molar-refractivity contribution in [2.45, 2.75) is 174 Å². The lowest BCUT2D eigenvalue weighted by Gasteiger charge is -2.33. The summed E-state index contributed by atoms with van der Waals surface area (Å²) in [5, 5.41) is 17.9. The Bertz CT molecular complexity index is 1120. The third kappa shape index (κ3) is 14.2. The highest BCUT2D eigenvalue weighted by Crippen LogP contribution is 2.26. The number of ether oxygens (including phenoxy) is 1. The van der Waals surface area contributed by atoms with Gasteiger partial charge in [-0.1, -0.05) is 65.7 Å². The van der Waals surface area contributed by atoms with Crippen LogP contribution in [0.3, 0.4) is 0 Å². The number of hydrogen-bond donors (Lipinski definition) is 4. The molecule has 2 heterocycles. The number of aliphatic hydroxyl groups is 1. The zero-order valence-electron chi connectivity index (χ0n) is 31.5. The molecule has 0 aromatic rings. The van der Waals surface area contributed by atoms with E-state index in [1.165, 1.54) is 30.3 Å². The minimum absolute atomic E-state index is 0.0684. The Hall–Kier alpha value is -3.22. The first-order chi connectivity index (χ1) is 23.8. The van der Waals surface area contributed by atoms with E-state index in [4.69, 9.17) is 4.74 Å². The summed E-state index contributed by atoms with van der Waals surface area (Å²) < 4.78 is 4.69. The molecule has 0 bridgehead atoms. The highest BCUT2D eigenvalue weighted by Gasteiger charge is 2.43. The van der Waals surface area contributed by atoms with E-state index in [-0.39, 0.29) is 29.7 Å². The normalized spacial score (nSPS) is 19.8. The number of nitrogens with zero attached hydrogens (tertiary/aromatic N) is 2. The number of methoxy groups -OCH3 is 1. The summed E-state index contributed by atoms with van der Waals surface area (Å²) in [6.07, 6.45) is 12.8.